The zero-order valence-electron chi connectivity index (χ0n) is 10.9. The van der Waals surface area contributed by atoms with Gasteiger partial charge in [0.1, 0.15) is 6.54 Å². The molecule has 1 heterocycles. The number of rotatable bonds is 4. The van der Waals surface area contributed by atoms with Gasteiger partial charge in [0.05, 0.1) is 0 Å². The maximum absolute atomic E-state index is 12.0. The van der Waals surface area contributed by atoms with Gasteiger partial charge < -0.3 is 10.2 Å². The van der Waals surface area contributed by atoms with Crippen LogP contribution in [0.1, 0.15) is 26.7 Å². The Morgan fingerprint density at radius 2 is 1.89 bits per heavy atom. The van der Waals surface area contributed by atoms with Gasteiger partial charge in [0, 0.05) is 12.5 Å². The Bertz CT molecular complexity index is 271. The molecule has 6 heteroatoms. The average Bonchev–Trinajstić information content (AvgIpc) is 2.25. The number of piperidine rings is 1. The van der Waals surface area contributed by atoms with Gasteiger partial charge in [-0.25, -0.2) is 0 Å². The highest BCUT2D eigenvalue weighted by molar-refractivity contribution is 5.78. The second-order valence-electron chi connectivity index (χ2n) is 5.30. The predicted octanol–water partition coefficient (Wildman–Crippen LogP) is 2.03. The van der Waals surface area contributed by atoms with Gasteiger partial charge in [-0.2, -0.15) is 13.2 Å². The summed E-state index contributed by atoms with van der Waals surface area (Å²) in [6.07, 6.45) is -3.03. The van der Waals surface area contributed by atoms with E-state index in [1.165, 1.54) is 0 Å². The molecule has 0 aromatic heterocycles. The molecular weight excluding hydrogens is 245 g/mol. The van der Waals surface area contributed by atoms with Gasteiger partial charge in [-0.1, -0.05) is 13.8 Å². The molecule has 0 radical (unpaired) electrons. The SMILES string of the molecule is CC(C)CN1CCC(C(=O)NCC(F)(F)F)CC1. The van der Waals surface area contributed by atoms with Crippen LogP contribution in [0.15, 0.2) is 0 Å². The Morgan fingerprint density at radius 3 is 2.33 bits per heavy atom. The first-order chi connectivity index (χ1) is 8.28. The van der Waals surface area contributed by atoms with E-state index in [-0.39, 0.29) is 5.92 Å². The van der Waals surface area contributed by atoms with Gasteiger partial charge in [-0.05, 0) is 31.8 Å². The van der Waals surface area contributed by atoms with Crippen LogP contribution in [0.5, 0.6) is 0 Å². The number of carbonyl (C=O) groups excluding carboxylic acids is 1. The average molecular weight is 266 g/mol. The van der Waals surface area contributed by atoms with Gasteiger partial charge in [-0.15, -0.1) is 0 Å². The molecule has 3 nitrogen and oxygen atoms in total. The zero-order valence-corrected chi connectivity index (χ0v) is 10.9. The van der Waals surface area contributed by atoms with Crippen LogP contribution >= 0.6 is 0 Å². The van der Waals surface area contributed by atoms with Crippen LogP contribution in [0.25, 0.3) is 0 Å². The van der Waals surface area contributed by atoms with Crippen molar-refractivity contribution in [2.45, 2.75) is 32.9 Å². The van der Waals surface area contributed by atoms with Gasteiger partial charge >= 0.3 is 6.18 Å². The van der Waals surface area contributed by atoms with Gasteiger partial charge in [0.2, 0.25) is 5.91 Å². The summed E-state index contributed by atoms with van der Waals surface area (Å²) in [7, 11) is 0. The minimum atomic E-state index is -4.33. The van der Waals surface area contributed by atoms with Crippen molar-refractivity contribution in [3.63, 3.8) is 0 Å². The van der Waals surface area contributed by atoms with Crippen molar-refractivity contribution >= 4 is 5.91 Å². The van der Waals surface area contributed by atoms with Crippen molar-refractivity contribution in [2.24, 2.45) is 11.8 Å². The fraction of sp³-hybridized carbons (Fsp3) is 0.917. The number of nitrogens with zero attached hydrogens (tertiary/aromatic N) is 1. The van der Waals surface area contributed by atoms with E-state index < -0.39 is 18.6 Å². The number of hydrogen-bond donors (Lipinski definition) is 1. The smallest absolute Gasteiger partial charge is 0.347 e. The van der Waals surface area contributed by atoms with Crippen LogP contribution in [0.4, 0.5) is 13.2 Å². The lowest BCUT2D eigenvalue weighted by Gasteiger charge is -2.32. The van der Waals surface area contributed by atoms with E-state index in [0.29, 0.717) is 18.8 Å². The maximum Gasteiger partial charge on any atom is 0.405 e. The van der Waals surface area contributed by atoms with Crippen LogP contribution in [0.3, 0.4) is 0 Å². The summed E-state index contributed by atoms with van der Waals surface area (Å²) in [5.41, 5.74) is 0. The largest absolute Gasteiger partial charge is 0.405 e. The van der Waals surface area contributed by atoms with Crippen molar-refractivity contribution in [2.75, 3.05) is 26.2 Å². The van der Waals surface area contributed by atoms with E-state index in [1.807, 2.05) is 5.32 Å². The Kier molecular flexibility index (Phi) is 5.44. The van der Waals surface area contributed by atoms with Crippen LogP contribution in [0.2, 0.25) is 0 Å². The quantitative estimate of drug-likeness (QED) is 0.844. The molecule has 1 aliphatic rings. The number of alkyl halides is 3. The van der Waals surface area contributed by atoms with Gasteiger partial charge in [0.25, 0.3) is 0 Å². The highest BCUT2D eigenvalue weighted by atomic mass is 19.4. The summed E-state index contributed by atoms with van der Waals surface area (Å²) >= 11 is 0. The fourth-order valence-electron chi connectivity index (χ4n) is 2.23. The highest BCUT2D eigenvalue weighted by Gasteiger charge is 2.30. The van der Waals surface area contributed by atoms with E-state index in [4.69, 9.17) is 0 Å². The first-order valence-electron chi connectivity index (χ1n) is 6.34. The predicted molar refractivity (Wildman–Crippen MR) is 63.1 cm³/mol. The number of likely N-dealkylation sites (tertiary alicyclic amines) is 1. The molecule has 0 spiro atoms. The monoisotopic (exact) mass is 266 g/mol. The molecule has 1 rings (SSSR count). The van der Waals surface area contributed by atoms with E-state index in [2.05, 4.69) is 18.7 Å². The van der Waals surface area contributed by atoms with Crippen molar-refractivity contribution in [3.05, 3.63) is 0 Å². The zero-order chi connectivity index (χ0) is 13.8. The second-order valence-corrected chi connectivity index (χ2v) is 5.30. The minimum Gasteiger partial charge on any atom is -0.347 e. The molecule has 18 heavy (non-hydrogen) atoms. The summed E-state index contributed by atoms with van der Waals surface area (Å²) in [6.45, 7) is 5.60. The third-order valence-corrected chi connectivity index (χ3v) is 3.04. The first-order valence-corrected chi connectivity index (χ1v) is 6.34. The molecule has 1 N–H and O–H groups in total. The number of nitrogens with one attached hydrogen (secondary N) is 1. The van der Waals surface area contributed by atoms with E-state index in [1.54, 1.807) is 0 Å². The molecule has 1 amide bonds. The maximum atomic E-state index is 12.0. The lowest BCUT2D eigenvalue weighted by molar-refractivity contribution is -0.141. The van der Waals surface area contributed by atoms with E-state index in [9.17, 15) is 18.0 Å². The van der Waals surface area contributed by atoms with Crippen molar-refractivity contribution < 1.29 is 18.0 Å². The van der Waals surface area contributed by atoms with E-state index >= 15 is 0 Å². The van der Waals surface area contributed by atoms with Crippen LogP contribution in [-0.4, -0.2) is 43.2 Å². The lowest BCUT2D eigenvalue weighted by Crippen LogP contribution is -2.43. The molecule has 1 saturated heterocycles. The molecule has 1 fully saturated rings. The van der Waals surface area contributed by atoms with Gasteiger partial charge in [0.15, 0.2) is 0 Å². The Hall–Kier alpha value is -0.780. The second kappa shape index (κ2) is 6.41. The Morgan fingerprint density at radius 1 is 1.33 bits per heavy atom. The Balaban J connectivity index is 2.27. The number of hydrogen-bond acceptors (Lipinski definition) is 2. The Labute approximate surface area is 106 Å². The third kappa shape index (κ3) is 5.71. The molecule has 0 bridgehead atoms. The summed E-state index contributed by atoms with van der Waals surface area (Å²) < 4.78 is 35.9. The van der Waals surface area contributed by atoms with Crippen LogP contribution < -0.4 is 5.32 Å². The summed E-state index contributed by atoms with van der Waals surface area (Å²) in [6, 6.07) is 0. The molecule has 0 atom stereocenters. The molecule has 0 aliphatic carbocycles. The molecular formula is C12H21F3N2O. The molecule has 0 aromatic carbocycles. The lowest BCUT2D eigenvalue weighted by atomic mass is 9.95. The van der Waals surface area contributed by atoms with Crippen molar-refractivity contribution in [3.8, 4) is 0 Å². The standard InChI is InChI=1S/C12H21F3N2O/c1-9(2)7-17-5-3-10(4-6-17)11(18)16-8-12(13,14)15/h9-10H,3-8H2,1-2H3,(H,16,18). The molecule has 106 valence electrons. The number of halogens is 3. The molecule has 1 aliphatic heterocycles. The molecule has 0 saturated carbocycles. The first kappa shape index (κ1) is 15.3. The summed E-state index contributed by atoms with van der Waals surface area (Å²) in [5.74, 6) is -0.159. The molecule has 0 unspecified atom stereocenters. The topological polar surface area (TPSA) is 32.3 Å². The highest BCUT2D eigenvalue weighted by Crippen LogP contribution is 2.19. The number of amides is 1. The van der Waals surface area contributed by atoms with Crippen molar-refractivity contribution in [1.82, 2.24) is 10.2 Å². The summed E-state index contributed by atoms with van der Waals surface area (Å²) in [5, 5.41) is 1.97. The van der Waals surface area contributed by atoms with Crippen LogP contribution in [-0.2, 0) is 4.79 Å². The minimum absolute atomic E-state index is 0.268. The van der Waals surface area contributed by atoms with E-state index in [0.717, 1.165) is 19.6 Å². The van der Waals surface area contributed by atoms with Crippen molar-refractivity contribution in [1.29, 1.82) is 0 Å². The fourth-order valence-corrected chi connectivity index (χ4v) is 2.23. The third-order valence-electron chi connectivity index (χ3n) is 3.04. The number of carbonyl (C=O) groups is 1. The normalized spacial score (nSPS) is 19.2. The molecule has 0 aromatic rings. The van der Waals surface area contributed by atoms with Gasteiger partial charge in [-0.3, -0.25) is 4.79 Å². The van der Waals surface area contributed by atoms with Crippen LogP contribution in [0, 0.1) is 11.8 Å². The summed E-state index contributed by atoms with van der Waals surface area (Å²) in [4.78, 5) is 13.8.